The van der Waals surface area contributed by atoms with Crippen LogP contribution in [0.25, 0.3) is 16.9 Å². The van der Waals surface area contributed by atoms with Gasteiger partial charge >= 0.3 is 6.18 Å². The van der Waals surface area contributed by atoms with Crippen LogP contribution in [-0.4, -0.2) is 16.7 Å². The number of anilines is 2. The van der Waals surface area contributed by atoms with Gasteiger partial charge in [-0.1, -0.05) is 42.5 Å². The SMILES string of the molecule is COc1cc(C(F)(F)F)ccc1Nc1nc(-c2ccccc2)cn(-c2ccc(CCC#N)cc2)c1=O. The Bertz CT molecular complexity index is 1460. The minimum absolute atomic E-state index is 0.0791. The second kappa shape index (κ2) is 10.4. The van der Waals surface area contributed by atoms with Crippen LogP contribution in [0.3, 0.4) is 0 Å². The van der Waals surface area contributed by atoms with Crippen LogP contribution in [0.15, 0.2) is 83.8 Å². The molecule has 0 fully saturated rings. The summed E-state index contributed by atoms with van der Waals surface area (Å²) >= 11 is 0. The highest BCUT2D eigenvalue weighted by Crippen LogP contribution is 2.36. The molecule has 9 heteroatoms. The lowest BCUT2D eigenvalue weighted by Gasteiger charge is -2.16. The van der Waals surface area contributed by atoms with E-state index >= 15 is 0 Å². The van der Waals surface area contributed by atoms with Crippen molar-refractivity contribution < 1.29 is 17.9 Å². The number of hydrogen-bond acceptors (Lipinski definition) is 5. The minimum atomic E-state index is -4.54. The predicted octanol–water partition coefficient (Wildman–Crippen LogP) is 6.13. The maximum absolute atomic E-state index is 13.4. The van der Waals surface area contributed by atoms with Crippen LogP contribution in [0.1, 0.15) is 17.5 Å². The van der Waals surface area contributed by atoms with Crippen molar-refractivity contribution in [1.29, 1.82) is 5.26 Å². The molecule has 4 rings (SSSR count). The van der Waals surface area contributed by atoms with Crippen LogP contribution < -0.4 is 15.6 Å². The van der Waals surface area contributed by atoms with Crippen molar-refractivity contribution in [2.24, 2.45) is 0 Å². The van der Waals surface area contributed by atoms with Gasteiger partial charge in [0.05, 0.1) is 30.1 Å². The molecule has 36 heavy (non-hydrogen) atoms. The van der Waals surface area contributed by atoms with Crippen molar-refractivity contribution in [2.45, 2.75) is 19.0 Å². The summed E-state index contributed by atoms with van der Waals surface area (Å²) in [6.07, 6.45) is -1.95. The number of aryl methyl sites for hydroxylation is 1. The van der Waals surface area contributed by atoms with E-state index < -0.39 is 17.3 Å². The third-order valence-corrected chi connectivity index (χ3v) is 5.50. The summed E-state index contributed by atoms with van der Waals surface area (Å²) in [6, 6.07) is 21.5. The molecule has 3 aromatic carbocycles. The molecular formula is C27H21F3N4O2. The molecule has 0 aliphatic heterocycles. The first-order valence-electron chi connectivity index (χ1n) is 11.0. The van der Waals surface area contributed by atoms with Gasteiger partial charge in [0.25, 0.3) is 5.56 Å². The zero-order chi connectivity index (χ0) is 25.7. The summed E-state index contributed by atoms with van der Waals surface area (Å²) in [6.45, 7) is 0. The van der Waals surface area contributed by atoms with Gasteiger partial charge in [0.2, 0.25) is 0 Å². The minimum Gasteiger partial charge on any atom is -0.495 e. The maximum atomic E-state index is 13.4. The van der Waals surface area contributed by atoms with Crippen LogP contribution in [0.2, 0.25) is 0 Å². The van der Waals surface area contributed by atoms with Crippen LogP contribution >= 0.6 is 0 Å². The van der Waals surface area contributed by atoms with Crippen LogP contribution in [-0.2, 0) is 12.6 Å². The molecule has 1 heterocycles. The molecule has 6 nitrogen and oxygen atoms in total. The lowest BCUT2D eigenvalue weighted by molar-refractivity contribution is -0.137. The molecule has 1 aromatic heterocycles. The van der Waals surface area contributed by atoms with E-state index in [9.17, 15) is 18.0 Å². The average molecular weight is 490 g/mol. The number of hydrogen-bond donors (Lipinski definition) is 1. The summed E-state index contributed by atoms with van der Waals surface area (Å²) in [5.74, 6) is -0.160. The lowest BCUT2D eigenvalue weighted by atomic mass is 10.1. The first-order valence-corrected chi connectivity index (χ1v) is 11.0. The molecule has 0 amide bonds. The van der Waals surface area contributed by atoms with Crippen molar-refractivity contribution in [3.63, 3.8) is 0 Å². The molecule has 0 saturated heterocycles. The summed E-state index contributed by atoms with van der Waals surface area (Å²) in [5.41, 5.74) is 1.56. The molecule has 4 aromatic rings. The van der Waals surface area contributed by atoms with Gasteiger partial charge < -0.3 is 10.1 Å². The van der Waals surface area contributed by atoms with Crippen molar-refractivity contribution in [3.05, 3.63) is 100 Å². The fourth-order valence-corrected chi connectivity index (χ4v) is 3.64. The Kier molecular flexibility index (Phi) is 7.06. The smallest absolute Gasteiger partial charge is 0.416 e. The van der Waals surface area contributed by atoms with Gasteiger partial charge in [0.1, 0.15) is 5.75 Å². The number of benzene rings is 3. The van der Waals surface area contributed by atoms with E-state index in [1.54, 1.807) is 18.3 Å². The zero-order valence-corrected chi connectivity index (χ0v) is 19.2. The molecule has 0 aliphatic carbocycles. The molecule has 0 atom stereocenters. The second-order valence-electron chi connectivity index (χ2n) is 7.88. The van der Waals surface area contributed by atoms with Gasteiger partial charge in [-0.2, -0.15) is 18.4 Å². The molecule has 0 bridgehead atoms. The monoisotopic (exact) mass is 490 g/mol. The van der Waals surface area contributed by atoms with E-state index in [0.29, 0.717) is 24.2 Å². The van der Waals surface area contributed by atoms with E-state index in [2.05, 4.69) is 16.4 Å². The van der Waals surface area contributed by atoms with Crippen molar-refractivity contribution >= 4 is 11.5 Å². The summed E-state index contributed by atoms with van der Waals surface area (Å²) < 4.78 is 46.0. The van der Waals surface area contributed by atoms with E-state index in [1.807, 2.05) is 42.5 Å². The summed E-state index contributed by atoms with van der Waals surface area (Å²) in [7, 11) is 1.25. The average Bonchev–Trinajstić information content (AvgIpc) is 2.89. The second-order valence-corrected chi connectivity index (χ2v) is 7.88. The number of methoxy groups -OCH3 is 1. The highest BCUT2D eigenvalue weighted by atomic mass is 19.4. The fourth-order valence-electron chi connectivity index (χ4n) is 3.64. The number of aromatic nitrogens is 2. The Morgan fingerprint density at radius 3 is 2.42 bits per heavy atom. The molecule has 182 valence electrons. The normalized spacial score (nSPS) is 11.1. The van der Waals surface area contributed by atoms with Gasteiger partial charge in [0.15, 0.2) is 5.82 Å². The van der Waals surface area contributed by atoms with Gasteiger partial charge in [0, 0.05) is 23.9 Å². The molecule has 1 N–H and O–H groups in total. The molecule has 0 spiro atoms. The van der Waals surface area contributed by atoms with Crippen molar-refractivity contribution in [1.82, 2.24) is 9.55 Å². The van der Waals surface area contributed by atoms with Gasteiger partial charge in [-0.15, -0.1) is 0 Å². The quantitative estimate of drug-likeness (QED) is 0.337. The number of halogens is 3. The topological polar surface area (TPSA) is 79.9 Å². The third kappa shape index (κ3) is 5.39. The van der Waals surface area contributed by atoms with E-state index in [4.69, 9.17) is 10.00 Å². The molecule has 0 aliphatic rings. The maximum Gasteiger partial charge on any atom is 0.416 e. The third-order valence-electron chi connectivity index (χ3n) is 5.50. The molecular weight excluding hydrogens is 469 g/mol. The van der Waals surface area contributed by atoms with Crippen LogP contribution in [0.5, 0.6) is 5.75 Å². The number of ether oxygens (including phenoxy) is 1. The Morgan fingerprint density at radius 1 is 1.06 bits per heavy atom. The predicted molar refractivity (Wildman–Crippen MR) is 130 cm³/mol. The van der Waals surface area contributed by atoms with Crippen molar-refractivity contribution in [3.8, 4) is 28.8 Å². The largest absolute Gasteiger partial charge is 0.495 e. The van der Waals surface area contributed by atoms with E-state index in [0.717, 1.165) is 23.3 Å². The number of alkyl halides is 3. The lowest BCUT2D eigenvalue weighted by Crippen LogP contribution is -2.23. The first-order chi connectivity index (χ1) is 17.3. The molecule has 0 unspecified atom stereocenters. The fraction of sp³-hybridized carbons (Fsp3) is 0.148. The van der Waals surface area contributed by atoms with Crippen LogP contribution in [0, 0.1) is 11.3 Å². The Balaban J connectivity index is 1.81. The van der Waals surface area contributed by atoms with E-state index in [-0.39, 0.29) is 17.3 Å². The molecule has 0 radical (unpaired) electrons. The zero-order valence-electron chi connectivity index (χ0n) is 19.2. The molecule has 0 saturated carbocycles. The standard InChI is InChI=1S/C27H21F3N4O2/c1-36-24-16-20(27(28,29)30)11-14-22(24)32-25-26(35)34(17-23(33-25)19-7-3-2-4-8-19)21-12-9-18(10-13-21)6-5-15-31/h2-4,7-14,16-17H,5-6H2,1H3,(H,32,33). The summed E-state index contributed by atoms with van der Waals surface area (Å²) in [5, 5.41) is 11.7. The number of rotatable bonds is 7. The first kappa shape index (κ1) is 24.5. The van der Waals surface area contributed by atoms with Gasteiger partial charge in [-0.25, -0.2) is 4.98 Å². The Labute approximate surface area is 205 Å². The highest BCUT2D eigenvalue weighted by Gasteiger charge is 2.31. The van der Waals surface area contributed by atoms with Crippen molar-refractivity contribution in [2.75, 3.05) is 12.4 Å². The van der Waals surface area contributed by atoms with Gasteiger partial charge in [-0.3, -0.25) is 9.36 Å². The Hall–Kier alpha value is -4.58. The number of nitrogens with zero attached hydrogens (tertiary/aromatic N) is 3. The van der Waals surface area contributed by atoms with Crippen LogP contribution in [0.4, 0.5) is 24.7 Å². The number of nitrogens with one attached hydrogen (secondary N) is 1. The van der Waals surface area contributed by atoms with E-state index in [1.165, 1.54) is 17.7 Å². The Morgan fingerprint density at radius 2 is 1.78 bits per heavy atom. The highest BCUT2D eigenvalue weighted by molar-refractivity contribution is 5.67. The number of nitriles is 1. The van der Waals surface area contributed by atoms with Gasteiger partial charge in [-0.05, 0) is 42.3 Å². The summed E-state index contributed by atoms with van der Waals surface area (Å²) in [4.78, 5) is 17.9.